The number of hydrogen-bond donors (Lipinski definition) is 0. The Kier molecular flexibility index (Phi) is 9.75. The second-order valence-corrected chi connectivity index (χ2v) is 12.4. The van der Waals surface area contributed by atoms with Gasteiger partial charge in [0.2, 0.25) is 0 Å². The lowest BCUT2D eigenvalue weighted by molar-refractivity contribution is 1.54. The molecule has 0 atom stereocenters. The average Bonchev–Trinajstić information content (AvgIpc) is 3.19. The van der Waals surface area contributed by atoms with Crippen molar-refractivity contribution >= 4 is 0 Å². The first-order valence-corrected chi connectivity index (χ1v) is 17.2. The van der Waals surface area contributed by atoms with E-state index in [2.05, 4.69) is 199 Å². The molecule has 0 saturated heterocycles. The minimum absolute atomic E-state index is 1.03. The molecule has 240 valence electrons. The Morgan fingerprint density at radius 3 is 0.549 bits per heavy atom. The Balaban J connectivity index is 1.24. The molecule has 0 aliphatic rings. The highest BCUT2D eigenvalue weighted by Gasteiger charge is 2.10. The van der Waals surface area contributed by atoms with Gasteiger partial charge in [0.1, 0.15) is 0 Å². The summed E-state index contributed by atoms with van der Waals surface area (Å²) in [7, 11) is 0. The zero-order chi connectivity index (χ0) is 35.0. The molecule has 0 aliphatic carbocycles. The van der Waals surface area contributed by atoms with Gasteiger partial charge in [-0.15, -0.1) is 17.8 Å². The molecule has 0 saturated carbocycles. The summed E-state index contributed by atoms with van der Waals surface area (Å²) in [4.78, 5) is 0. The van der Waals surface area contributed by atoms with E-state index in [9.17, 15) is 0 Å². The maximum atomic E-state index is 3.13. The molecule has 0 bridgehead atoms. The quantitative estimate of drug-likeness (QED) is 0.157. The summed E-state index contributed by atoms with van der Waals surface area (Å²) in [5.74, 6) is 18.3. The summed E-state index contributed by atoms with van der Waals surface area (Å²) in [5.41, 5.74) is 17.2. The topological polar surface area (TPSA) is 0 Å². The van der Waals surface area contributed by atoms with Crippen LogP contribution in [-0.4, -0.2) is 0 Å². The van der Waals surface area contributed by atoms with E-state index < -0.39 is 0 Å². The van der Waals surface area contributed by atoms with Crippen LogP contribution in [0.3, 0.4) is 0 Å². The maximum absolute atomic E-state index is 3.13. The summed E-state index contributed by atoms with van der Waals surface area (Å²) >= 11 is 0. The van der Waals surface area contributed by atoms with Crippen LogP contribution in [0, 0.1) is 35.5 Å². The summed E-state index contributed by atoms with van der Waals surface area (Å²) in [6.07, 6.45) is 0. The molecule has 0 heteroatoms. The molecule has 7 aromatic rings. The van der Waals surface area contributed by atoms with Gasteiger partial charge in [0.05, 0.1) is 0 Å². The minimum Gasteiger partial charge on any atom is -0.101 e. The van der Waals surface area contributed by atoms with E-state index >= 15 is 0 Å². The lowest BCUT2D eigenvalue weighted by atomic mass is 9.91. The van der Waals surface area contributed by atoms with Crippen LogP contribution in [0.15, 0.2) is 164 Å². The van der Waals surface area contributed by atoms with Gasteiger partial charge in [0, 0.05) is 16.7 Å². The highest BCUT2D eigenvalue weighted by molar-refractivity contribution is 5.83. The first-order chi connectivity index (χ1) is 25.1. The maximum Gasteiger partial charge on any atom is 0.0245 e. The standard InChI is InChI=1S/C51H36/c1-4-7-37-10-16-40(17-11-37)43-22-28-46(29-23-43)49-34-50(47-30-24-44(25-31-47)41-18-12-38(8-5-2)13-19-41)36-51(35-49)48-32-26-45(27-33-48)42-20-14-39(9-6-3)15-21-42/h10-36H,1-3H3. The van der Waals surface area contributed by atoms with E-state index in [1.54, 1.807) is 0 Å². The van der Waals surface area contributed by atoms with Gasteiger partial charge in [-0.05, 0) is 142 Å². The third-order valence-corrected chi connectivity index (χ3v) is 9.05. The Hall–Kier alpha value is -6.78. The molecule has 7 rings (SSSR count). The number of benzene rings is 7. The molecule has 0 aliphatic heterocycles. The summed E-state index contributed by atoms with van der Waals surface area (Å²) < 4.78 is 0. The molecule has 7 aromatic carbocycles. The minimum atomic E-state index is 1.03. The van der Waals surface area contributed by atoms with E-state index in [0.717, 1.165) is 16.7 Å². The van der Waals surface area contributed by atoms with Gasteiger partial charge in [-0.3, -0.25) is 0 Å². The van der Waals surface area contributed by atoms with Crippen LogP contribution in [0.1, 0.15) is 37.5 Å². The molecule has 0 fully saturated rings. The SMILES string of the molecule is CC#Cc1ccc(-c2ccc(-c3cc(-c4ccc(-c5ccc(C#CC)cc5)cc4)cc(-c4ccc(-c5ccc(C#CC)cc5)cc4)c3)cc2)cc1. The Morgan fingerprint density at radius 1 is 0.216 bits per heavy atom. The van der Waals surface area contributed by atoms with Crippen molar-refractivity contribution in [1.29, 1.82) is 0 Å². The third-order valence-electron chi connectivity index (χ3n) is 9.05. The fraction of sp³-hybridized carbons (Fsp3) is 0.0588. The van der Waals surface area contributed by atoms with E-state index in [1.165, 1.54) is 66.8 Å². The normalized spacial score (nSPS) is 10.2. The highest BCUT2D eigenvalue weighted by atomic mass is 14.1. The molecule has 0 spiro atoms. The smallest absolute Gasteiger partial charge is 0.0245 e. The zero-order valence-corrected chi connectivity index (χ0v) is 29.1. The zero-order valence-electron chi connectivity index (χ0n) is 29.1. The monoisotopic (exact) mass is 648 g/mol. The van der Waals surface area contributed by atoms with Crippen molar-refractivity contribution in [1.82, 2.24) is 0 Å². The van der Waals surface area contributed by atoms with Crippen molar-refractivity contribution in [3.8, 4) is 102 Å². The highest BCUT2D eigenvalue weighted by Crippen LogP contribution is 2.35. The van der Waals surface area contributed by atoms with Crippen molar-refractivity contribution in [3.63, 3.8) is 0 Å². The predicted octanol–water partition coefficient (Wildman–Crippen LogP) is 12.8. The van der Waals surface area contributed by atoms with Crippen LogP contribution < -0.4 is 0 Å². The van der Waals surface area contributed by atoms with Gasteiger partial charge >= 0.3 is 0 Å². The molecule has 0 N–H and O–H groups in total. The fourth-order valence-electron chi connectivity index (χ4n) is 6.36. The van der Waals surface area contributed by atoms with Crippen molar-refractivity contribution in [2.75, 3.05) is 0 Å². The van der Waals surface area contributed by atoms with Crippen molar-refractivity contribution in [3.05, 3.63) is 180 Å². The van der Waals surface area contributed by atoms with Gasteiger partial charge in [-0.2, -0.15) is 0 Å². The molecule has 0 amide bonds. The molecule has 0 nitrogen and oxygen atoms in total. The summed E-state index contributed by atoms with van der Waals surface area (Å²) in [6, 6.07) is 58.9. The first-order valence-electron chi connectivity index (χ1n) is 17.2. The lowest BCUT2D eigenvalue weighted by Gasteiger charge is -2.13. The van der Waals surface area contributed by atoms with Gasteiger partial charge in [-0.25, -0.2) is 0 Å². The second kappa shape index (κ2) is 15.2. The average molecular weight is 649 g/mol. The summed E-state index contributed by atoms with van der Waals surface area (Å²) in [6.45, 7) is 5.60. The Morgan fingerprint density at radius 2 is 0.373 bits per heavy atom. The van der Waals surface area contributed by atoms with Crippen LogP contribution in [-0.2, 0) is 0 Å². The molecule has 0 heterocycles. The van der Waals surface area contributed by atoms with Crippen LogP contribution in [0.25, 0.3) is 66.8 Å². The van der Waals surface area contributed by atoms with Crippen molar-refractivity contribution < 1.29 is 0 Å². The molecule has 0 aromatic heterocycles. The van der Waals surface area contributed by atoms with Gasteiger partial charge in [-0.1, -0.05) is 127 Å². The molecule has 0 unspecified atom stereocenters. The molecular formula is C51H36. The number of hydrogen-bond acceptors (Lipinski definition) is 0. The summed E-state index contributed by atoms with van der Waals surface area (Å²) in [5, 5.41) is 0. The van der Waals surface area contributed by atoms with Crippen LogP contribution in [0.5, 0.6) is 0 Å². The third kappa shape index (κ3) is 7.61. The van der Waals surface area contributed by atoms with Crippen LogP contribution in [0.2, 0.25) is 0 Å². The van der Waals surface area contributed by atoms with E-state index in [1.807, 2.05) is 20.8 Å². The van der Waals surface area contributed by atoms with Gasteiger partial charge < -0.3 is 0 Å². The molecular weight excluding hydrogens is 613 g/mol. The second-order valence-electron chi connectivity index (χ2n) is 12.4. The fourth-order valence-corrected chi connectivity index (χ4v) is 6.36. The Labute approximate surface area is 302 Å². The van der Waals surface area contributed by atoms with Gasteiger partial charge in [0.25, 0.3) is 0 Å². The largest absolute Gasteiger partial charge is 0.101 e. The first kappa shape index (κ1) is 32.8. The molecule has 0 radical (unpaired) electrons. The Bertz CT molecular complexity index is 2180. The lowest BCUT2D eigenvalue weighted by Crippen LogP contribution is -1.88. The van der Waals surface area contributed by atoms with E-state index in [4.69, 9.17) is 0 Å². The van der Waals surface area contributed by atoms with E-state index in [-0.39, 0.29) is 0 Å². The van der Waals surface area contributed by atoms with Crippen molar-refractivity contribution in [2.24, 2.45) is 0 Å². The van der Waals surface area contributed by atoms with Crippen LogP contribution in [0.4, 0.5) is 0 Å². The van der Waals surface area contributed by atoms with E-state index in [0.29, 0.717) is 0 Å². The number of rotatable bonds is 6. The van der Waals surface area contributed by atoms with Crippen molar-refractivity contribution in [2.45, 2.75) is 20.8 Å². The predicted molar refractivity (Wildman–Crippen MR) is 217 cm³/mol. The molecule has 51 heavy (non-hydrogen) atoms. The van der Waals surface area contributed by atoms with Crippen LogP contribution >= 0.6 is 0 Å². The van der Waals surface area contributed by atoms with Gasteiger partial charge in [0.15, 0.2) is 0 Å².